The van der Waals surface area contributed by atoms with Crippen LogP contribution in [-0.4, -0.2) is 48.6 Å². The lowest BCUT2D eigenvalue weighted by Gasteiger charge is -2.44. The Hall–Kier alpha value is -0.0800. The van der Waals surface area contributed by atoms with Gasteiger partial charge < -0.3 is 4.90 Å². The third-order valence-electron chi connectivity index (χ3n) is 4.18. The molecule has 94 valence electrons. The van der Waals surface area contributed by atoms with Crippen LogP contribution in [0.4, 0.5) is 0 Å². The van der Waals surface area contributed by atoms with Crippen LogP contribution >= 0.6 is 0 Å². The lowest BCUT2D eigenvalue weighted by molar-refractivity contribution is 0.0483. The maximum atomic E-state index is 2.72. The number of piperazine rings is 1. The molecule has 2 fully saturated rings. The van der Waals surface area contributed by atoms with Gasteiger partial charge in [-0.05, 0) is 44.7 Å². The zero-order valence-electron chi connectivity index (χ0n) is 11.1. The molecule has 1 atom stereocenters. The van der Waals surface area contributed by atoms with E-state index in [9.17, 15) is 0 Å². The number of hydrogen-bond donors (Lipinski definition) is 0. The summed E-state index contributed by atoms with van der Waals surface area (Å²) in [6, 6.07) is 0.890. The minimum atomic E-state index is 0.871. The SMILES string of the molecule is CC(C)CCCN1CCN2CCCCC2C1. The molecule has 2 aliphatic rings. The first-order valence-corrected chi connectivity index (χ1v) is 7.22. The summed E-state index contributed by atoms with van der Waals surface area (Å²) in [5.74, 6) is 0.871. The average molecular weight is 224 g/mol. The quantitative estimate of drug-likeness (QED) is 0.724. The summed E-state index contributed by atoms with van der Waals surface area (Å²) in [6.45, 7) is 11.4. The van der Waals surface area contributed by atoms with Gasteiger partial charge >= 0.3 is 0 Å². The van der Waals surface area contributed by atoms with E-state index in [2.05, 4.69) is 23.6 Å². The zero-order chi connectivity index (χ0) is 11.4. The van der Waals surface area contributed by atoms with E-state index in [0.717, 1.165) is 12.0 Å². The first-order valence-electron chi connectivity index (χ1n) is 7.22. The maximum Gasteiger partial charge on any atom is 0.0223 e. The molecule has 0 bridgehead atoms. The lowest BCUT2D eigenvalue weighted by Crippen LogP contribution is -2.54. The fourth-order valence-corrected chi connectivity index (χ4v) is 3.15. The van der Waals surface area contributed by atoms with Gasteiger partial charge in [-0.2, -0.15) is 0 Å². The minimum Gasteiger partial charge on any atom is -0.301 e. The monoisotopic (exact) mass is 224 g/mol. The van der Waals surface area contributed by atoms with Gasteiger partial charge in [0.05, 0.1) is 0 Å². The van der Waals surface area contributed by atoms with E-state index in [4.69, 9.17) is 0 Å². The average Bonchev–Trinajstić information content (AvgIpc) is 2.28. The van der Waals surface area contributed by atoms with Crippen molar-refractivity contribution >= 4 is 0 Å². The molecule has 1 unspecified atom stereocenters. The summed E-state index contributed by atoms with van der Waals surface area (Å²) < 4.78 is 0. The Kier molecular flexibility index (Phi) is 4.66. The number of nitrogens with zero attached hydrogens (tertiary/aromatic N) is 2. The molecule has 16 heavy (non-hydrogen) atoms. The molecule has 0 aromatic rings. The van der Waals surface area contributed by atoms with Gasteiger partial charge in [-0.25, -0.2) is 0 Å². The number of piperidine rings is 1. The molecule has 0 saturated carbocycles. The van der Waals surface area contributed by atoms with Crippen molar-refractivity contribution in [3.05, 3.63) is 0 Å². The van der Waals surface area contributed by atoms with Gasteiger partial charge in [-0.15, -0.1) is 0 Å². The summed E-state index contributed by atoms with van der Waals surface area (Å²) in [4.78, 5) is 5.43. The molecular formula is C14H28N2. The second-order valence-corrected chi connectivity index (χ2v) is 6.02. The van der Waals surface area contributed by atoms with Gasteiger partial charge in [0.1, 0.15) is 0 Å². The normalized spacial score (nSPS) is 28.3. The van der Waals surface area contributed by atoms with E-state index >= 15 is 0 Å². The van der Waals surface area contributed by atoms with Gasteiger partial charge in [-0.1, -0.05) is 20.3 Å². The van der Waals surface area contributed by atoms with Crippen molar-refractivity contribution in [2.45, 2.75) is 52.0 Å². The molecule has 0 spiro atoms. The predicted octanol–water partition coefficient (Wildman–Crippen LogP) is 2.59. The van der Waals surface area contributed by atoms with Crippen molar-refractivity contribution in [3.63, 3.8) is 0 Å². The highest BCUT2D eigenvalue weighted by Gasteiger charge is 2.28. The molecule has 0 aromatic carbocycles. The van der Waals surface area contributed by atoms with Crippen LogP contribution < -0.4 is 0 Å². The summed E-state index contributed by atoms with van der Waals surface area (Å²) in [5, 5.41) is 0. The molecule has 2 aliphatic heterocycles. The van der Waals surface area contributed by atoms with Crippen molar-refractivity contribution < 1.29 is 0 Å². The highest BCUT2D eigenvalue weighted by molar-refractivity contribution is 4.84. The molecule has 2 nitrogen and oxygen atoms in total. The van der Waals surface area contributed by atoms with E-state index in [1.165, 1.54) is 64.8 Å². The first kappa shape index (κ1) is 12.4. The van der Waals surface area contributed by atoms with Crippen LogP contribution in [0.3, 0.4) is 0 Å². The van der Waals surface area contributed by atoms with Crippen LogP contribution in [0, 0.1) is 5.92 Å². The maximum absolute atomic E-state index is 2.72. The molecule has 0 amide bonds. The Morgan fingerprint density at radius 1 is 1.12 bits per heavy atom. The van der Waals surface area contributed by atoms with Crippen molar-refractivity contribution in [2.75, 3.05) is 32.7 Å². The number of rotatable bonds is 4. The van der Waals surface area contributed by atoms with Crippen LogP contribution in [0.5, 0.6) is 0 Å². The standard InChI is InChI=1S/C14H28N2/c1-13(2)6-5-8-15-10-11-16-9-4-3-7-14(16)12-15/h13-14H,3-12H2,1-2H3. The molecule has 0 aromatic heterocycles. The fourth-order valence-electron chi connectivity index (χ4n) is 3.15. The lowest BCUT2D eigenvalue weighted by atomic mass is 9.99. The van der Waals surface area contributed by atoms with Gasteiger partial charge in [0.15, 0.2) is 0 Å². The third kappa shape index (κ3) is 3.46. The Labute approximate surface area is 101 Å². The van der Waals surface area contributed by atoms with Crippen molar-refractivity contribution in [3.8, 4) is 0 Å². The van der Waals surface area contributed by atoms with Crippen LogP contribution in [0.15, 0.2) is 0 Å². The van der Waals surface area contributed by atoms with Crippen LogP contribution in [0.25, 0.3) is 0 Å². The Morgan fingerprint density at radius 2 is 2.00 bits per heavy atom. The van der Waals surface area contributed by atoms with E-state index in [1.54, 1.807) is 0 Å². The van der Waals surface area contributed by atoms with Crippen molar-refractivity contribution in [1.82, 2.24) is 9.80 Å². The Morgan fingerprint density at radius 3 is 2.81 bits per heavy atom. The second kappa shape index (κ2) is 6.02. The molecule has 2 saturated heterocycles. The molecule has 0 radical (unpaired) electrons. The summed E-state index contributed by atoms with van der Waals surface area (Å²) >= 11 is 0. The second-order valence-electron chi connectivity index (χ2n) is 6.02. The first-order chi connectivity index (χ1) is 7.75. The van der Waals surface area contributed by atoms with Crippen LogP contribution in [0.2, 0.25) is 0 Å². The molecule has 0 N–H and O–H groups in total. The van der Waals surface area contributed by atoms with Crippen molar-refractivity contribution in [1.29, 1.82) is 0 Å². The summed E-state index contributed by atoms with van der Waals surface area (Å²) in [7, 11) is 0. The van der Waals surface area contributed by atoms with E-state index < -0.39 is 0 Å². The summed E-state index contributed by atoms with van der Waals surface area (Å²) in [6.07, 6.45) is 7.13. The molecule has 2 heteroatoms. The fraction of sp³-hybridized carbons (Fsp3) is 1.00. The topological polar surface area (TPSA) is 6.48 Å². The molecule has 0 aliphatic carbocycles. The van der Waals surface area contributed by atoms with Crippen LogP contribution in [0.1, 0.15) is 46.0 Å². The smallest absolute Gasteiger partial charge is 0.0223 e. The highest BCUT2D eigenvalue weighted by atomic mass is 15.3. The van der Waals surface area contributed by atoms with Gasteiger partial charge in [0.2, 0.25) is 0 Å². The van der Waals surface area contributed by atoms with Crippen molar-refractivity contribution in [2.24, 2.45) is 5.92 Å². The molecule has 2 rings (SSSR count). The Balaban J connectivity index is 1.68. The zero-order valence-corrected chi connectivity index (χ0v) is 11.1. The minimum absolute atomic E-state index is 0.871. The number of hydrogen-bond acceptors (Lipinski definition) is 2. The molecular weight excluding hydrogens is 196 g/mol. The highest BCUT2D eigenvalue weighted by Crippen LogP contribution is 2.21. The predicted molar refractivity (Wildman–Crippen MR) is 69.7 cm³/mol. The van der Waals surface area contributed by atoms with E-state index in [1.807, 2.05) is 0 Å². The van der Waals surface area contributed by atoms with Gasteiger partial charge in [0.25, 0.3) is 0 Å². The molecule has 2 heterocycles. The Bertz CT molecular complexity index is 203. The van der Waals surface area contributed by atoms with Gasteiger partial charge in [-0.3, -0.25) is 4.90 Å². The van der Waals surface area contributed by atoms with E-state index in [0.29, 0.717) is 0 Å². The van der Waals surface area contributed by atoms with Gasteiger partial charge in [0, 0.05) is 25.7 Å². The summed E-state index contributed by atoms with van der Waals surface area (Å²) in [5.41, 5.74) is 0. The number of fused-ring (bicyclic) bond motifs is 1. The largest absolute Gasteiger partial charge is 0.301 e. The third-order valence-corrected chi connectivity index (χ3v) is 4.18. The van der Waals surface area contributed by atoms with E-state index in [-0.39, 0.29) is 0 Å². The van der Waals surface area contributed by atoms with Crippen LogP contribution in [-0.2, 0) is 0 Å².